The van der Waals surface area contributed by atoms with Crippen LogP contribution in [-0.4, -0.2) is 47.5 Å². The summed E-state index contributed by atoms with van der Waals surface area (Å²) in [6, 6.07) is 5.18. The van der Waals surface area contributed by atoms with Crippen molar-refractivity contribution in [1.82, 2.24) is 20.4 Å². The van der Waals surface area contributed by atoms with E-state index in [0.29, 0.717) is 17.1 Å². The van der Waals surface area contributed by atoms with Crippen LogP contribution < -0.4 is 10.6 Å². The minimum absolute atomic E-state index is 0.0297. The first-order chi connectivity index (χ1) is 14.3. The van der Waals surface area contributed by atoms with Crippen LogP contribution in [0.4, 0.5) is 9.18 Å². The van der Waals surface area contributed by atoms with Gasteiger partial charge in [-0.15, -0.1) is 0 Å². The summed E-state index contributed by atoms with van der Waals surface area (Å²) in [5.41, 5.74) is 2.12. The maximum atomic E-state index is 13.2. The van der Waals surface area contributed by atoms with Gasteiger partial charge in [-0.2, -0.15) is 5.10 Å². The van der Waals surface area contributed by atoms with Crippen molar-refractivity contribution in [2.45, 2.75) is 20.8 Å². The molecule has 1 aliphatic rings. The third kappa shape index (κ3) is 4.32. The highest BCUT2D eigenvalue weighted by molar-refractivity contribution is 5.94. The molecule has 0 radical (unpaired) electrons. The fraction of sp³-hybridized carbons (Fsp3) is 0.300. The molecule has 0 spiro atoms. The number of carbonyl (C=O) groups excluding carboxylic acids is 3. The van der Waals surface area contributed by atoms with Gasteiger partial charge in [0.1, 0.15) is 18.0 Å². The van der Waals surface area contributed by atoms with E-state index >= 15 is 0 Å². The summed E-state index contributed by atoms with van der Waals surface area (Å²) in [7, 11) is 0. The summed E-state index contributed by atoms with van der Waals surface area (Å²) < 4.78 is 25.0. The molecule has 9 nitrogen and oxygen atoms in total. The van der Waals surface area contributed by atoms with Crippen molar-refractivity contribution in [3.63, 3.8) is 0 Å². The number of ether oxygens (including phenoxy) is 2. The molecule has 0 atom stereocenters. The second-order valence-electron chi connectivity index (χ2n) is 6.50. The van der Waals surface area contributed by atoms with Gasteiger partial charge in [0.05, 0.1) is 41.5 Å². The number of urea groups is 1. The molecule has 0 bridgehead atoms. The lowest BCUT2D eigenvalue weighted by molar-refractivity contribution is -0.138. The normalized spacial score (nSPS) is 13.5. The van der Waals surface area contributed by atoms with E-state index in [9.17, 15) is 18.8 Å². The molecule has 2 N–H and O–H groups in total. The molecule has 2 aromatic rings. The maximum Gasteiger partial charge on any atom is 0.342 e. The summed E-state index contributed by atoms with van der Waals surface area (Å²) in [5.74, 6) is -1.65. The Hall–Kier alpha value is -3.69. The molecule has 2 amide bonds. The van der Waals surface area contributed by atoms with E-state index in [1.54, 1.807) is 32.9 Å². The van der Waals surface area contributed by atoms with Gasteiger partial charge in [0.15, 0.2) is 0 Å². The lowest BCUT2D eigenvalue weighted by atomic mass is 10.1. The van der Waals surface area contributed by atoms with Gasteiger partial charge in [-0.1, -0.05) is 0 Å². The van der Waals surface area contributed by atoms with Crippen LogP contribution in [0, 0.1) is 19.7 Å². The number of hydrogen-bond acceptors (Lipinski definition) is 6. The molecular formula is C20H21FN4O5. The zero-order valence-electron chi connectivity index (χ0n) is 16.7. The number of hydrogen-bond donors (Lipinski definition) is 2. The average molecular weight is 416 g/mol. The van der Waals surface area contributed by atoms with E-state index in [1.165, 1.54) is 16.8 Å². The Morgan fingerprint density at radius 3 is 2.53 bits per heavy atom. The van der Waals surface area contributed by atoms with E-state index in [1.807, 2.05) is 0 Å². The lowest BCUT2D eigenvalue weighted by Crippen LogP contribution is -2.45. The third-order valence-corrected chi connectivity index (χ3v) is 4.49. The van der Waals surface area contributed by atoms with Crippen molar-refractivity contribution in [3.05, 3.63) is 58.3 Å². The summed E-state index contributed by atoms with van der Waals surface area (Å²) in [6.45, 7) is 4.83. The van der Waals surface area contributed by atoms with Gasteiger partial charge < -0.3 is 20.1 Å². The van der Waals surface area contributed by atoms with Gasteiger partial charge in [0.25, 0.3) is 0 Å². The fourth-order valence-electron chi connectivity index (χ4n) is 3.05. The zero-order valence-corrected chi connectivity index (χ0v) is 16.7. The largest absolute Gasteiger partial charge is 0.463 e. The molecular weight excluding hydrogens is 395 g/mol. The van der Waals surface area contributed by atoms with Crippen molar-refractivity contribution in [1.29, 1.82) is 0 Å². The van der Waals surface area contributed by atoms with Crippen molar-refractivity contribution < 1.29 is 28.2 Å². The number of aromatic nitrogens is 2. The first-order valence-corrected chi connectivity index (χ1v) is 9.25. The van der Waals surface area contributed by atoms with Gasteiger partial charge in [0, 0.05) is 0 Å². The van der Waals surface area contributed by atoms with Crippen molar-refractivity contribution in [2.24, 2.45) is 0 Å². The molecule has 0 saturated heterocycles. The molecule has 1 aromatic carbocycles. The Morgan fingerprint density at radius 1 is 1.17 bits per heavy atom. The number of nitrogens with one attached hydrogen (secondary N) is 2. The van der Waals surface area contributed by atoms with Crippen molar-refractivity contribution in [3.8, 4) is 5.69 Å². The summed E-state index contributed by atoms with van der Waals surface area (Å²) in [4.78, 5) is 36.4. The molecule has 3 rings (SSSR count). The number of rotatable bonds is 6. The Balaban J connectivity index is 1.81. The van der Waals surface area contributed by atoms with E-state index in [2.05, 4.69) is 15.7 Å². The number of amides is 2. The summed E-state index contributed by atoms with van der Waals surface area (Å²) >= 11 is 0. The number of halogens is 1. The van der Waals surface area contributed by atoms with Crippen LogP contribution in [0.15, 0.2) is 35.5 Å². The molecule has 0 fully saturated rings. The highest BCUT2D eigenvalue weighted by Gasteiger charge is 2.26. The second kappa shape index (κ2) is 8.76. The van der Waals surface area contributed by atoms with Crippen LogP contribution in [0.25, 0.3) is 5.69 Å². The predicted octanol–water partition coefficient (Wildman–Crippen LogP) is 1.92. The maximum absolute atomic E-state index is 13.2. The van der Waals surface area contributed by atoms with E-state index < -0.39 is 18.0 Å². The lowest BCUT2D eigenvalue weighted by Gasteiger charge is -2.21. The standard InChI is InChI=1S/C20H21FN4O5/c1-4-29-18(26)15-9-22-20(28)23-16(15)10-30-19(27)17-11(2)24-25(12(17)3)14-7-5-13(21)6-8-14/h5-8H,4,9-10H2,1-3H3,(H2,22,23,28). The van der Waals surface area contributed by atoms with Gasteiger partial charge in [0.2, 0.25) is 0 Å². The van der Waals surface area contributed by atoms with E-state index in [-0.39, 0.29) is 42.4 Å². The number of nitrogens with zero attached hydrogens (tertiary/aromatic N) is 2. The molecule has 30 heavy (non-hydrogen) atoms. The monoisotopic (exact) mass is 416 g/mol. The molecule has 0 aliphatic carbocycles. The number of benzene rings is 1. The molecule has 1 aliphatic heterocycles. The van der Waals surface area contributed by atoms with Gasteiger partial charge in [-0.3, -0.25) is 0 Å². The number of esters is 2. The van der Waals surface area contributed by atoms with Crippen LogP contribution in [0.5, 0.6) is 0 Å². The first-order valence-electron chi connectivity index (χ1n) is 9.25. The first kappa shape index (κ1) is 21.0. The molecule has 2 heterocycles. The topological polar surface area (TPSA) is 112 Å². The molecule has 1 aromatic heterocycles. The van der Waals surface area contributed by atoms with Crippen molar-refractivity contribution in [2.75, 3.05) is 19.8 Å². The minimum Gasteiger partial charge on any atom is -0.463 e. The second-order valence-corrected chi connectivity index (χ2v) is 6.50. The summed E-state index contributed by atoms with van der Waals surface area (Å²) in [6.07, 6.45) is 0. The molecule has 0 saturated carbocycles. The van der Waals surface area contributed by atoms with E-state index in [4.69, 9.17) is 9.47 Å². The molecule has 10 heteroatoms. The van der Waals surface area contributed by atoms with Crippen LogP contribution in [0.3, 0.4) is 0 Å². The fourth-order valence-corrected chi connectivity index (χ4v) is 3.05. The quantitative estimate of drug-likeness (QED) is 0.696. The van der Waals surface area contributed by atoms with Crippen LogP contribution >= 0.6 is 0 Å². The SMILES string of the molecule is CCOC(=O)C1=C(COC(=O)c2c(C)nn(-c3ccc(F)cc3)c2C)NC(=O)NC1. The third-order valence-electron chi connectivity index (χ3n) is 4.49. The predicted molar refractivity (Wildman–Crippen MR) is 103 cm³/mol. The minimum atomic E-state index is -0.665. The highest BCUT2D eigenvalue weighted by atomic mass is 19.1. The Labute approximate surface area is 171 Å². The van der Waals surface area contributed by atoms with Crippen LogP contribution in [0.1, 0.15) is 28.7 Å². The summed E-state index contributed by atoms with van der Waals surface area (Å²) in [5, 5.41) is 9.28. The van der Waals surface area contributed by atoms with E-state index in [0.717, 1.165) is 0 Å². The van der Waals surface area contributed by atoms with Crippen LogP contribution in [-0.2, 0) is 14.3 Å². The molecule has 158 valence electrons. The molecule has 0 unspecified atom stereocenters. The number of aryl methyl sites for hydroxylation is 1. The van der Waals surface area contributed by atoms with Gasteiger partial charge >= 0.3 is 18.0 Å². The average Bonchev–Trinajstić information content (AvgIpc) is 3.01. The van der Waals surface area contributed by atoms with Crippen LogP contribution in [0.2, 0.25) is 0 Å². The Morgan fingerprint density at radius 2 is 1.87 bits per heavy atom. The van der Waals surface area contributed by atoms with Gasteiger partial charge in [-0.05, 0) is 45.0 Å². The van der Waals surface area contributed by atoms with Crippen molar-refractivity contribution >= 4 is 18.0 Å². The van der Waals surface area contributed by atoms with Gasteiger partial charge in [-0.25, -0.2) is 23.5 Å². The Kier molecular flexibility index (Phi) is 6.14. The smallest absolute Gasteiger partial charge is 0.342 e. The number of carbonyl (C=O) groups is 3. The Bertz CT molecular complexity index is 1030. The highest BCUT2D eigenvalue weighted by Crippen LogP contribution is 2.20. The zero-order chi connectivity index (χ0) is 21.8.